The SMILES string of the molecule is COc1ccc(C(=O)CCC(=O)NC(C)Cn2ccnc2)cc1OC. The Morgan fingerprint density at radius 1 is 1.20 bits per heavy atom. The number of nitrogens with one attached hydrogen (secondary N) is 1. The molecular weight excluding hydrogens is 322 g/mol. The van der Waals surface area contributed by atoms with Gasteiger partial charge in [0.2, 0.25) is 5.91 Å². The van der Waals surface area contributed by atoms with Crippen LogP contribution in [-0.2, 0) is 11.3 Å². The molecule has 0 spiro atoms. The van der Waals surface area contributed by atoms with Crippen molar-refractivity contribution in [3.8, 4) is 11.5 Å². The van der Waals surface area contributed by atoms with Crippen LogP contribution in [0.5, 0.6) is 11.5 Å². The molecule has 2 rings (SSSR count). The fraction of sp³-hybridized carbons (Fsp3) is 0.389. The van der Waals surface area contributed by atoms with E-state index in [4.69, 9.17) is 9.47 Å². The first-order valence-corrected chi connectivity index (χ1v) is 8.03. The second-order valence-electron chi connectivity index (χ2n) is 5.72. The van der Waals surface area contributed by atoms with E-state index in [9.17, 15) is 9.59 Å². The normalized spacial score (nSPS) is 11.6. The summed E-state index contributed by atoms with van der Waals surface area (Å²) in [7, 11) is 3.05. The summed E-state index contributed by atoms with van der Waals surface area (Å²) < 4.78 is 12.2. The topological polar surface area (TPSA) is 82.5 Å². The van der Waals surface area contributed by atoms with E-state index in [-0.39, 0.29) is 30.6 Å². The molecule has 0 aliphatic carbocycles. The molecule has 1 aromatic heterocycles. The molecule has 0 fully saturated rings. The van der Waals surface area contributed by atoms with Gasteiger partial charge in [-0.25, -0.2) is 4.98 Å². The summed E-state index contributed by atoms with van der Waals surface area (Å²) in [4.78, 5) is 28.2. The van der Waals surface area contributed by atoms with Gasteiger partial charge in [0.25, 0.3) is 0 Å². The number of ketones is 1. The number of aromatic nitrogens is 2. The van der Waals surface area contributed by atoms with Crippen LogP contribution in [0, 0.1) is 0 Å². The maximum absolute atomic E-state index is 12.3. The minimum absolute atomic E-state index is 0.0436. The van der Waals surface area contributed by atoms with E-state index in [1.165, 1.54) is 14.2 Å². The number of amides is 1. The van der Waals surface area contributed by atoms with Crippen LogP contribution in [0.1, 0.15) is 30.1 Å². The number of hydrogen-bond donors (Lipinski definition) is 1. The number of methoxy groups -OCH3 is 2. The number of carbonyl (C=O) groups excluding carboxylic acids is 2. The van der Waals surface area contributed by atoms with Crippen LogP contribution < -0.4 is 14.8 Å². The molecule has 134 valence electrons. The summed E-state index contributed by atoms with van der Waals surface area (Å²) in [5, 5.41) is 2.88. The monoisotopic (exact) mass is 345 g/mol. The maximum Gasteiger partial charge on any atom is 0.220 e. The molecular formula is C18H23N3O4. The lowest BCUT2D eigenvalue weighted by atomic mass is 10.1. The Hall–Kier alpha value is -2.83. The van der Waals surface area contributed by atoms with Crippen LogP contribution in [0.3, 0.4) is 0 Å². The molecule has 25 heavy (non-hydrogen) atoms. The Balaban J connectivity index is 1.83. The van der Waals surface area contributed by atoms with E-state index >= 15 is 0 Å². The molecule has 1 atom stereocenters. The lowest BCUT2D eigenvalue weighted by Gasteiger charge is -2.14. The van der Waals surface area contributed by atoms with Gasteiger partial charge in [0.05, 0.1) is 20.5 Å². The number of ether oxygens (including phenoxy) is 2. The smallest absolute Gasteiger partial charge is 0.220 e. The average Bonchev–Trinajstić information content (AvgIpc) is 3.11. The van der Waals surface area contributed by atoms with Gasteiger partial charge in [0.1, 0.15) is 0 Å². The van der Waals surface area contributed by atoms with E-state index in [1.807, 2.05) is 17.7 Å². The first-order valence-electron chi connectivity index (χ1n) is 8.03. The maximum atomic E-state index is 12.3. The fourth-order valence-electron chi connectivity index (χ4n) is 2.48. The summed E-state index contributed by atoms with van der Waals surface area (Å²) in [5.41, 5.74) is 0.497. The molecule has 7 nitrogen and oxygen atoms in total. The molecule has 7 heteroatoms. The van der Waals surface area contributed by atoms with E-state index in [0.29, 0.717) is 23.6 Å². The second kappa shape index (κ2) is 8.86. The molecule has 0 saturated heterocycles. The van der Waals surface area contributed by atoms with Crippen molar-refractivity contribution in [1.82, 2.24) is 14.9 Å². The lowest BCUT2D eigenvalue weighted by molar-refractivity contribution is -0.121. The Kier molecular flexibility index (Phi) is 6.56. The highest BCUT2D eigenvalue weighted by Gasteiger charge is 2.14. The highest BCUT2D eigenvalue weighted by atomic mass is 16.5. The van der Waals surface area contributed by atoms with Crippen LogP contribution in [0.2, 0.25) is 0 Å². The molecule has 0 aliphatic heterocycles. The quantitative estimate of drug-likeness (QED) is 0.704. The zero-order chi connectivity index (χ0) is 18.2. The third kappa shape index (κ3) is 5.34. The van der Waals surface area contributed by atoms with Crippen LogP contribution in [0.15, 0.2) is 36.9 Å². The Labute approximate surface area is 147 Å². The predicted octanol–water partition coefficient (Wildman–Crippen LogP) is 2.07. The highest BCUT2D eigenvalue weighted by Crippen LogP contribution is 2.28. The molecule has 1 unspecified atom stereocenters. The molecule has 0 radical (unpaired) electrons. The third-order valence-electron chi connectivity index (χ3n) is 3.74. The molecule has 2 aromatic rings. The number of carbonyl (C=O) groups is 2. The number of benzene rings is 1. The minimum Gasteiger partial charge on any atom is -0.493 e. The predicted molar refractivity (Wildman–Crippen MR) is 92.9 cm³/mol. The van der Waals surface area contributed by atoms with Gasteiger partial charge in [-0.3, -0.25) is 9.59 Å². The summed E-state index contributed by atoms with van der Waals surface area (Å²) in [6.07, 6.45) is 5.50. The zero-order valence-electron chi connectivity index (χ0n) is 14.7. The zero-order valence-corrected chi connectivity index (χ0v) is 14.7. The average molecular weight is 345 g/mol. The molecule has 0 saturated carbocycles. The van der Waals surface area contributed by atoms with Crippen molar-refractivity contribution in [3.63, 3.8) is 0 Å². The summed E-state index contributed by atoms with van der Waals surface area (Å²) >= 11 is 0. The summed E-state index contributed by atoms with van der Waals surface area (Å²) in [6, 6.07) is 4.93. The Morgan fingerprint density at radius 2 is 1.96 bits per heavy atom. The fourth-order valence-corrected chi connectivity index (χ4v) is 2.48. The van der Waals surface area contributed by atoms with E-state index in [1.54, 1.807) is 30.7 Å². The van der Waals surface area contributed by atoms with Crippen LogP contribution in [-0.4, -0.2) is 41.5 Å². The van der Waals surface area contributed by atoms with Crippen LogP contribution in [0.4, 0.5) is 0 Å². The van der Waals surface area contributed by atoms with Crippen molar-refractivity contribution in [2.75, 3.05) is 14.2 Å². The van der Waals surface area contributed by atoms with Crippen molar-refractivity contribution < 1.29 is 19.1 Å². The van der Waals surface area contributed by atoms with Crippen molar-refractivity contribution >= 4 is 11.7 Å². The molecule has 1 N–H and O–H groups in total. The minimum atomic E-state index is -0.151. The number of Topliss-reactive ketones (excluding diaryl/α,β-unsaturated/α-hetero) is 1. The van der Waals surface area contributed by atoms with E-state index in [0.717, 1.165) is 0 Å². The number of imidazole rings is 1. The standard InChI is InChI=1S/C18H23N3O4/c1-13(11-21-9-8-19-12-21)20-18(23)7-5-15(22)14-4-6-16(24-2)17(10-14)25-3/h4,6,8-10,12-13H,5,7,11H2,1-3H3,(H,20,23). The number of nitrogens with zero attached hydrogens (tertiary/aromatic N) is 2. The van der Waals surface area contributed by atoms with Crippen LogP contribution >= 0.6 is 0 Å². The van der Waals surface area contributed by atoms with E-state index in [2.05, 4.69) is 10.3 Å². The van der Waals surface area contributed by atoms with Gasteiger partial charge in [0.15, 0.2) is 17.3 Å². The van der Waals surface area contributed by atoms with Gasteiger partial charge < -0.3 is 19.4 Å². The molecule has 1 amide bonds. The van der Waals surface area contributed by atoms with Crippen molar-refractivity contribution in [2.24, 2.45) is 0 Å². The van der Waals surface area contributed by atoms with Gasteiger partial charge in [0, 0.05) is 43.4 Å². The van der Waals surface area contributed by atoms with Crippen molar-refractivity contribution in [1.29, 1.82) is 0 Å². The third-order valence-corrected chi connectivity index (χ3v) is 3.74. The molecule has 0 bridgehead atoms. The lowest BCUT2D eigenvalue weighted by Crippen LogP contribution is -2.35. The first kappa shape index (κ1) is 18.5. The Morgan fingerprint density at radius 3 is 2.60 bits per heavy atom. The van der Waals surface area contributed by atoms with Gasteiger partial charge in [-0.1, -0.05) is 0 Å². The van der Waals surface area contributed by atoms with E-state index < -0.39 is 0 Å². The molecule has 0 aliphatic rings. The number of hydrogen-bond acceptors (Lipinski definition) is 5. The molecule has 1 heterocycles. The van der Waals surface area contributed by atoms with Crippen LogP contribution in [0.25, 0.3) is 0 Å². The van der Waals surface area contributed by atoms with Gasteiger partial charge in [-0.05, 0) is 25.1 Å². The Bertz CT molecular complexity index is 713. The summed E-state index contributed by atoms with van der Waals surface area (Å²) in [6.45, 7) is 2.55. The number of rotatable bonds is 9. The second-order valence-corrected chi connectivity index (χ2v) is 5.72. The summed E-state index contributed by atoms with van der Waals surface area (Å²) in [5.74, 6) is 0.789. The van der Waals surface area contributed by atoms with Gasteiger partial charge in [-0.15, -0.1) is 0 Å². The highest BCUT2D eigenvalue weighted by molar-refractivity contribution is 5.98. The van der Waals surface area contributed by atoms with Crippen molar-refractivity contribution in [3.05, 3.63) is 42.5 Å². The van der Waals surface area contributed by atoms with Crippen molar-refractivity contribution in [2.45, 2.75) is 32.4 Å². The van der Waals surface area contributed by atoms with Gasteiger partial charge in [-0.2, -0.15) is 0 Å². The van der Waals surface area contributed by atoms with Gasteiger partial charge >= 0.3 is 0 Å². The largest absolute Gasteiger partial charge is 0.493 e. The molecule has 1 aromatic carbocycles. The first-order chi connectivity index (χ1) is 12.0.